The van der Waals surface area contributed by atoms with E-state index in [4.69, 9.17) is 5.73 Å². The molecule has 4 N–H and O–H groups in total. The second-order valence-corrected chi connectivity index (χ2v) is 6.81. The number of carbonyl (C=O) groups is 1. The zero-order valence-electron chi connectivity index (χ0n) is 12.2. The Morgan fingerprint density at radius 3 is 2.11 bits per heavy atom. The highest BCUT2D eigenvalue weighted by atomic mass is 32.2. The summed E-state index contributed by atoms with van der Waals surface area (Å²) in [6.45, 7) is 4.42. The molecule has 19 heavy (non-hydrogen) atoms. The molecule has 0 aliphatic rings. The van der Waals surface area contributed by atoms with Crippen LogP contribution in [0.2, 0.25) is 0 Å². The molecule has 0 aliphatic heterocycles. The SMILES string of the molecule is CCCC(CN)(CCC)C(=O)NCCS(=O)(=O)NC. The molecular weight excluding hydrogens is 266 g/mol. The molecule has 7 heteroatoms. The number of nitrogens with two attached hydrogens (primary N) is 1. The summed E-state index contributed by atoms with van der Waals surface area (Å²) in [5.74, 6) is -0.251. The molecule has 0 spiro atoms. The average Bonchev–Trinajstić information content (AvgIpc) is 2.38. The lowest BCUT2D eigenvalue weighted by Crippen LogP contribution is -2.47. The van der Waals surface area contributed by atoms with E-state index in [-0.39, 0.29) is 18.2 Å². The molecule has 0 saturated heterocycles. The molecule has 0 aliphatic carbocycles. The lowest BCUT2D eigenvalue weighted by atomic mass is 9.78. The molecule has 0 radical (unpaired) electrons. The van der Waals surface area contributed by atoms with Gasteiger partial charge in [-0.3, -0.25) is 4.79 Å². The van der Waals surface area contributed by atoms with Crippen LogP contribution in [0.3, 0.4) is 0 Å². The minimum atomic E-state index is -3.29. The second-order valence-electron chi connectivity index (χ2n) is 4.76. The van der Waals surface area contributed by atoms with E-state index in [2.05, 4.69) is 10.0 Å². The smallest absolute Gasteiger partial charge is 0.227 e. The van der Waals surface area contributed by atoms with Crippen LogP contribution in [-0.4, -0.2) is 40.2 Å². The van der Waals surface area contributed by atoms with Crippen LogP contribution in [0.15, 0.2) is 0 Å². The van der Waals surface area contributed by atoms with Crippen molar-refractivity contribution < 1.29 is 13.2 Å². The minimum Gasteiger partial charge on any atom is -0.355 e. The van der Waals surface area contributed by atoms with Gasteiger partial charge < -0.3 is 11.1 Å². The number of hydrogen-bond donors (Lipinski definition) is 3. The van der Waals surface area contributed by atoms with Gasteiger partial charge in [0, 0.05) is 13.1 Å². The number of carbonyl (C=O) groups excluding carboxylic acids is 1. The van der Waals surface area contributed by atoms with Crippen LogP contribution in [-0.2, 0) is 14.8 Å². The van der Waals surface area contributed by atoms with E-state index in [9.17, 15) is 13.2 Å². The minimum absolute atomic E-state index is 0.108. The molecule has 0 fully saturated rings. The molecule has 0 aromatic heterocycles. The summed E-state index contributed by atoms with van der Waals surface area (Å²) in [7, 11) is -1.93. The van der Waals surface area contributed by atoms with Crippen molar-refractivity contribution in [2.75, 3.05) is 25.9 Å². The van der Waals surface area contributed by atoms with Gasteiger partial charge in [0.2, 0.25) is 15.9 Å². The zero-order valence-corrected chi connectivity index (χ0v) is 13.0. The van der Waals surface area contributed by atoms with Crippen molar-refractivity contribution in [3.8, 4) is 0 Å². The largest absolute Gasteiger partial charge is 0.355 e. The Kier molecular flexibility index (Phi) is 8.20. The van der Waals surface area contributed by atoms with E-state index in [1.807, 2.05) is 13.8 Å². The maximum Gasteiger partial charge on any atom is 0.227 e. The van der Waals surface area contributed by atoms with Crippen molar-refractivity contribution in [2.24, 2.45) is 11.1 Å². The van der Waals surface area contributed by atoms with Crippen LogP contribution < -0.4 is 15.8 Å². The third-order valence-corrected chi connectivity index (χ3v) is 4.66. The second kappa shape index (κ2) is 8.50. The van der Waals surface area contributed by atoms with Gasteiger partial charge in [-0.2, -0.15) is 0 Å². The van der Waals surface area contributed by atoms with Gasteiger partial charge in [0.05, 0.1) is 11.2 Å². The first-order valence-electron chi connectivity index (χ1n) is 6.77. The summed E-state index contributed by atoms with van der Waals surface area (Å²) in [5, 5.41) is 2.70. The summed E-state index contributed by atoms with van der Waals surface area (Å²) in [5.41, 5.74) is 5.21. The van der Waals surface area contributed by atoms with E-state index >= 15 is 0 Å². The first-order chi connectivity index (χ1) is 8.87. The first kappa shape index (κ1) is 18.3. The van der Waals surface area contributed by atoms with Crippen molar-refractivity contribution in [3.63, 3.8) is 0 Å². The number of hydrogen-bond acceptors (Lipinski definition) is 4. The van der Waals surface area contributed by atoms with Crippen LogP contribution in [0.25, 0.3) is 0 Å². The summed E-state index contributed by atoms with van der Waals surface area (Å²) in [6, 6.07) is 0. The molecule has 0 saturated carbocycles. The van der Waals surface area contributed by atoms with Crippen LogP contribution in [0.1, 0.15) is 39.5 Å². The third-order valence-electron chi connectivity index (χ3n) is 3.30. The molecule has 0 atom stereocenters. The predicted octanol–water partition coefficient (Wildman–Crippen LogP) is 0.197. The highest BCUT2D eigenvalue weighted by Crippen LogP contribution is 2.28. The summed E-state index contributed by atoms with van der Waals surface area (Å²) in [4.78, 5) is 12.2. The fourth-order valence-electron chi connectivity index (χ4n) is 2.19. The van der Waals surface area contributed by atoms with Crippen molar-refractivity contribution in [3.05, 3.63) is 0 Å². The Morgan fingerprint density at radius 1 is 1.21 bits per heavy atom. The van der Waals surface area contributed by atoms with E-state index in [1.54, 1.807) is 0 Å². The molecule has 0 rings (SSSR count). The van der Waals surface area contributed by atoms with Crippen molar-refractivity contribution in [2.45, 2.75) is 39.5 Å². The van der Waals surface area contributed by atoms with Gasteiger partial charge in [-0.15, -0.1) is 0 Å². The Hall–Kier alpha value is -0.660. The molecule has 0 heterocycles. The molecular formula is C12H27N3O3S. The highest BCUT2D eigenvalue weighted by molar-refractivity contribution is 7.89. The lowest BCUT2D eigenvalue weighted by Gasteiger charge is -2.30. The number of amides is 1. The maximum atomic E-state index is 12.2. The van der Waals surface area contributed by atoms with E-state index in [0.29, 0.717) is 6.54 Å². The van der Waals surface area contributed by atoms with Gasteiger partial charge in [0.15, 0.2) is 0 Å². The number of rotatable bonds is 10. The maximum absolute atomic E-state index is 12.2. The van der Waals surface area contributed by atoms with E-state index in [0.717, 1.165) is 25.7 Å². The monoisotopic (exact) mass is 293 g/mol. The number of sulfonamides is 1. The Labute approximate surface area is 116 Å². The van der Waals surface area contributed by atoms with Crippen molar-refractivity contribution >= 4 is 15.9 Å². The third kappa shape index (κ3) is 5.88. The molecule has 114 valence electrons. The summed E-state index contributed by atoms with van der Waals surface area (Å²) < 4.78 is 24.7. The Morgan fingerprint density at radius 2 is 1.74 bits per heavy atom. The Balaban J connectivity index is 4.57. The lowest BCUT2D eigenvalue weighted by molar-refractivity contribution is -0.131. The van der Waals surface area contributed by atoms with Crippen molar-refractivity contribution in [1.82, 2.24) is 10.0 Å². The van der Waals surface area contributed by atoms with Gasteiger partial charge in [-0.05, 0) is 19.9 Å². The van der Waals surface area contributed by atoms with Gasteiger partial charge in [-0.25, -0.2) is 13.1 Å². The first-order valence-corrected chi connectivity index (χ1v) is 8.42. The van der Waals surface area contributed by atoms with Gasteiger partial charge in [0.25, 0.3) is 0 Å². The summed E-state index contributed by atoms with van der Waals surface area (Å²) in [6.07, 6.45) is 3.20. The quantitative estimate of drug-likeness (QED) is 0.535. The Bertz CT molecular complexity index is 362. The molecule has 0 aromatic rings. The number of nitrogens with one attached hydrogen (secondary N) is 2. The van der Waals surface area contributed by atoms with Crippen LogP contribution >= 0.6 is 0 Å². The fourth-order valence-corrected chi connectivity index (χ4v) is 2.77. The molecule has 0 bridgehead atoms. The standard InChI is InChI=1S/C12H27N3O3S/c1-4-6-12(10-13,7-5-2)11(16)15-8-9-19(17,18)14-3/h14H,4-10,13H2,1-3H3,(H,15,16). The van der Waals surface area contributed by atoms with E-state index < -0.39 is 15.4 Å². The molecule has 0 aromatic carbocycles. The predicted molar refractivity (Wildman–Crippen MR) is 77.2 cm³/mol. The van der Waals surface area contributed by atoms with Gasteiger partial charge >= 0.3 is 0 Å². The topological polar surface area (TPSA) is 101 Å². The molecule has 0 unspecified atom stereocenters. The highest BCUT2D eigenvalue weighted by Gasteiger charge is 2.35. The van der Waals surface area contributed by atoms with Crippen LogP contribution in [0.5, 0.6) is 0 Å². The molecule has 6 nitrogen and oxygen atoms in total. The normalized spacial score (nSPS) is 12.4. The average molecular weight is 293 g/mol. The van der Waals surface area contributed by atoms with Crippen molar-refractivity contribution in [1.29, 1.82) is 0 Å². The van der Waals surface area contributed by atoms with E-state index in [1.165, 1.54) is 7.05 Å². The van der Waals surface area contributed by atoms with Crippen LogP contribution in [0, 0.1) is 5.41 Å². The fraction of sp³-hybridized carbons (Fsp3) is 0.917. The van der Waals surface area contributed by atoms with Gasteiger partial charge in [0.1, 0.15) is 0 Å². The van der Waals surface area contributed by atoms with Gasteiger partial charge in [-0.1, -0.05) is 26.7 Å². The van der Waals surface area contributed by atoms with Crippen LogP contribution in [0.4, 0.5) is 0 Å². The zero-order chi connectivity index (χ0) is 14.9. The summed E-state index contributed by atoms with van der Waals surface area (Å²) >= 11 is 0. The molecule has 1 amide bonds.